The molecule has 0 spiro atoms. The number of methoxy groups -OCH3 is 1. The Bertz CT molecular complexity index is 2000. The highest BCUT2D eigenvalue weighted by atomic mass is 79.9. The van der Waals surface area contributed by atoms with Gasteiger partial charge in [-0.2, -0.15) is 9.78 Å². The van der Waals surface area contributed by atoms with E-state index in [-0.39, 0.29) is 11.4 Å². The molecule has 204 valence electrons. The Kier molecular flexibility index (Phi) is 7.79. The number of para-hydroxylation sites is 1. The predicted octanol–water partition coefficient (Wildman–Crippen LogP) is 8.57. The third-order valence-corrected chi connectivity index (χ3v) is 8.06. The summed E-state index contributed by atoms with van der Waals surface area (Å²) in [6, 6.07) is 26.2. The lowest BCUT2D eigenvalue weighted by molar-refractivity contribution is 0.284. The number of fused-ring (bicyclic) bond motifs is 2. The van der Waals surface area contributed by atoms with Crippen molar-refractivity contribution >= 4 is 75.9 Å². The Balaban J connectivity index is 1.39. The second-order valence-electron chi connectivity index (χ2n) is 9.05. The fourth-order valence-electron chi connectivity index (χ4n) is 4.30. The summed E-state index contributed by atoms with van der Waals surface area (Å²) in [5.41, 5.74) is 2.60. The molecule has 0 bridgehead atoms. The first-order chi connectivity index (χ1) is 19.9. The maximum Gasteiger partial charge on any atom is 0.282 e. The molecular weight excluding hydrogens is 718 g/mol. The number of hydrogen-bond donors (Lipinski definition) is 0. The molecular formula is C31H20Br3N3O4. The van der Waals surface area contributed by atoms with E-state index in [1.807, 2.05) is 60.7 Å². The lowest BCUT2D eigenvalue weighted by atomic mass is 10.2. The highest BCUT2D eigenvalue weighted by Gasteiger charge is 2.17. The highest BCUT2D eigenvalue weighted by molar-refractivity contribution is 9.11. The summed E-state index contributed by atoms with van der Waals surface area (Å²) in [5, 5.41) is 5.89. The molecule has 4 aromatic carbocycles. The number of halogens is 3. The monoisotopic (exact) mass is 735 g/mol. The highest BCUT2D eigenvalue weighted by Crippen LogP contribution is 2.34. The van der Waals surface area contributed by atoms with Gasteiger partial charge in [-0.25, -0.2) is 4.98 Å². The first kappa shape index (κ1) is 27.4. The fourth-order valence-corrected chi connectivity index (χ4v) is 5.37. The standard InChI is InChI=1S/C31H20Br3N3O4/c1-39-27-14-20(24(34)15-28(27)40-17-18-6-8-21(32)9-7-18)16-35-37-30(36-25-5-3-2-4-23(25)31(37)38)29-13-19-12-22(33)10-11-26(19)41-29/h2-16H,17H2,1H3. The van der Waals surface area contributed by atoms with Gasteiger partial charge in [-0.05, 0) is 82.2 Å². The van der Waals surface area contributed by atoms with Crippen molar-refractivity contribution in [3.8, 4) is 23.1 Å². The summed E-state index contributed by atoms with van der Waals surface area (Å²) in [4.78, 5) is 18.4. The SMILES string of the molecule is COc1cc(C=Nn2c(-c3cc4cc(Br)ccc4o3)nc3ccccc3c2=O)c(Br)cc1OCc1ccc(Br)cc1. The van der Waals surface area contributed by atoms with Crippen LogP contribution < -0.4 is 15.0 Å². The molecule has 10 heteroatoms. The summed E-state index contributed by atoms with van der Waals surface area (Å²) in [5.74, 6) is 1.80. The zero-order valence-electron chi connectivity index (χ0n) is 21.5. The third kappa shape index (κ3) is 5.72. The molecule has 0 amide bonds. The summed E-state index contributed by atoms with van der Waals surface area (Å²) >= 11 is 10.6. The van der Waals surface area contributed by atoms with Crippen LogP contribution in [0.1, 0.15) is 11.1 Å². The summed E-state index contributed by atoms with van der Waals surface area (Å²) in [6.45, 7) is 0.374. The summed E-state index contributed by atoms with van der Waals surface area (Å²) in [7, 11) is 1.58. The maximum atomic E-state index is 13.6. The molecule has 0 aliphatic carbocycles. The Morgan fingerprint density at radius 2 is 1.71 bits per heavy atom. The van der Waals surface area contributed by atoms with Gasteiger partial charge in [0.25, 0.3) is 5.56 Å². The van der Waals surface area contributed by atoms with E-state index in [0.29, 0.717) is 50.4 Å². The van der Waals surface area contributed by atoms with Crippen LogP contribution in [0.3, 0.4) is 0 Å². The molecule has 41 heavy (non-hydrogen) atoms. The van der Waals surface area contributed by atoms with E-state index < -0.39 is 0 Å². The molecule has 0 saturated carbocycles. The number of benzene rings is 4. The Morgan fingerprint density at radius 1 is 0.927 bits per heavy atom. The van der Waals surface area contributed by atoms with Crippen molar-refractivity contribution in [1.29, 1.82) is 0 Å². The average molecular weight is 738 g/mol. The normalized spacial score (nSPS) is 11.5. The van der Waals surface area contributed by atoms with Gasteiger partial charge in [-0.3, -0.25) is 4.79 Å². The van der Waals surface area contributed by atoms with Crippen LogP contribution >= 0.6 is 47.8 Å². The van der Waals surface area contributed by atoms with Gasteiger partial charge in [0.1, 0.15) is 12.2 Å². The number of nitrogens with zero attached hydrogens (tertiary/aromatic N) is 3. The van der Waals surface area contributed by atoms with E-state index in [9.17, 15) is 4.79 Å². The molecule has 2 heterocycles. The topological polar surface area (TPSA) is 78.9 Å². The number of rotatable bonds is 7. The molecule has 0 fully saturated rings. The van der Waals surface area contributed by atoms with Crippen molar-refractivity contribution in [3.63, 3.8) is 0 Å². The molecule has 0 saturated heterocycles. The maximum absolute atomic E-state index is 13.6. The van der Waals surface area contributed by atoms with Crippen LogP contribution in [0.15, 0.2) is 113 Å². The van der Waals surface area contributed by atoms with E-state index in [2.05, 4.69) is 52.9 Å². The van der Waals surface area contributed by atoms with Gasteiger partial charge < -0.3 is 13.9 Å². The van der Waals surface area contributed by atoms with E-state index in [0.717, 1.165) is 19.9 Å². The Labute approximate surface area is 259 Å². The van der Waals surface area contributed by atoms with Crippen LogP contribution in [0.2, 0.25) is 0 Å². The molecule has 0 atom stereocenters. The number of hydrogen-bond acceptors (Lipinski definition) is 6. The van der Waals surface area contributed by atoms with Crippen molar-refractivity contribution in [3.05, 3.63) is 120 Å². The van der Waals surface area contributed by atoms with Crippen molar-refractivity contribution in [2.75, 3.05) is 7.11 Å². The van der Waals surface area contributed by atoms with Gasteiger partial charge in [-0.15, -0.1) is 0 Å². The van der Waals surface area contributed by atoms with Gasteiger partial charge in [0.05, 0.1) is 24.2 Å². The number of furan rings is 1. The van der Waals surface area contributed by atoms with Crippen molar-refractivity contribution in [2.24, 2.45) is 5.10 Å². The zero-order chi connectivity index (χ0) is 28.5. The van der Waals surface area contributed by atoms with Crippen LogP contribution in [0, 0.1) is 0 Å². The van der Waals surface area contributed by atoms with Crippen LogP contribution in [-0.4, -0.2) is 23.0 Å². The molecule has 0 aliphatic heterocycles. The molecule has 6 aromatic rings. The second kappa shape index (κ2) is 11.6. The van der Waals surface area contributed by atoms with Crippen LogP contribution in [0.4, 0.5) is 0 Å². The van der Waals surface area contributed by atoms with Gasteiger partial charge in [0.2, 0.25) is 5.82 Å². The lowest BCUT2D eigenvalue weighted by Gasteiger charge is -2.13. The smallest absolute Gasteiger partial charge is 0.282 e. The van der Waals surface area contributed by atoms with Gasteiger partial charge >= 0.3 is 0 Å². The minimum atomic E-state index is -0.318. The molecule has 0 aliphatic rings. The Hall–Kier alpha value is -3.73. The minimum Gasteiger partial charge on any atom is -0.493 e. The molecule has 0 radical (unpaired) electrons. The first-order valence-corrected chi connectivity index (χ1v) is 14.8. The average Bonchev–Trinajstić information content (AvgIpc) is 3.40. The second-order valence-corrected chi connectivity index (χ2v) is 11.7. The summed E-state index contributed by atoms with van der Waals surface area (Å²) < 4.78 is 21.6. The van der Waals surface area contributed by atoms with Crippen molar-refractivity contribution < 1.29 is 13.9 Å². The molecule has 2 aromatic heterocycles. The van der Waals surface area contributed by atoms with Gasteiger partial charge in [0.15, 0.2) is 17.3 Å². The van der Waals surface area contributed by atoms with Crippen LogP contribution in [0.5, 0.6) is 11.5 Å². The van der Waals surface area contributed by atoms with E-state index in [1.165, 1.54) is 4.68 Å². The summed E-state index contributed by atoms with van der Waals surface area (Å²) in [6.07, 6.45) is 1.58. The molecule has 6 rings (SSSR count). The fraction of sp³-hybridized carbons (Fsp3) is 0.0645. The van der Waals surface area contributed by atoms with Crippen LogP contribution in [-0.2, 0) is 6.61 Å². The number of ether oxygens (including phenoxy) is 2. The van der Waals surface area contributed by atoms with E-state index >= 15 is 0 Å². The predicted molar refractivity (Wildman–Crippen MR) is 171 cm³/mol. The van der Waals surface area contributed by atoms with Gasteiger partial charge in [-0.1, -0.05) is 56.1 Å². The van der Waals surface area contributed by atoms with Gasteiger partial charge in [0, 0.05) is 24.4 Å². The van der Waals surface area contributed by atoms with Crippen molar-refractivity contribution in [2.45, 2.75) is 6.61 Å². The lowest BCUT2D eigenvalue weighted by Crippen LogP contribution is -2.20. The van der Waals surface area contributed by atoms with E-state index in [1.54, 1.807) is 37.6 Å². The van der Waals surface area contributed by atoms with Crippen molar-refractivity contribution in [1.82, 2.24) is 9.66 Å². The zero-order valence-corrected chi connectivity index (χ0v) is 26.2. The minimum absolute atomic E-state index is 0.287. The number of aromatic nitrogens is 2. The van der Waals surface area contributed by atoms with E-state index in [4.69, 9.17) is 18.9 Å². The first-order valence-electron chi connectivity index (χ1n) is 12.4. The third-order valence-electron chi connectivity index (χ3n) is 6.36. The molecule has 0 N–H and O–H groups in total. The quantitative estimate of drug-likeness (QED) is 0.154. The largest absolute Gasteiger partial charge is 0.493 e. The molecule has 7 nitrogen and oxygen atoms in total. The molecule has 0 unspecified atom stereocenters. The Morgan fingerprint density at radius 3 is 2.51 bits per heavy atom. The van der Waals surface area contributed by atoms with Crippen LogP contribution in [0.25, 0.3) is 33.5 Å².